The Morgan fingerprint density at radius 2 is 1.68 bits per heavy atom. The number of amides is 1. The molecule has 3 aromatic rings. The second-order valence-electron chi connectivity index (χ2n) is 7.67. The summed E-state index contributed by atoms with van der Waals surface area (Å²) in [5.41, 5.74) is 0.947. The fraction of sp³-hybridized carbons (Fsp3) is 0.208. The van der Waals surface area contributed by atoms with E-state index in [9.17, 15) is 17.6 Å². The highest BCUT2D eigenvalue weighted by atomic mass is 35.5. The molecule has 0 radical (unpaired) electrons. The lowest BCUT2D eigenvalue weighted by Gasteiger charge is -2.36. The Kier molecular flexibility index (Phi) is 7.06. The van der Waals surface area contributed by atoms with Crippen LogP contribution in [0.1, 0.15) is 10.4 Å². The zero-order valence-electron chi connectivity index (χ0n) is 18.4. The zero-order chi connectivity index (χ0) is 24.3. The number of ether oxygens (including phenoxy) is 1. The zero-order valence-corrected chi connectivity index (χ0v) is 19.9. The summed E-state index contributed by atoms with van der Waals surface area (Å²) in [6.45, 7) is 1.41. The van der Waals surface area contributed by atoms with Crippen LogP contribution in [-0.4, -0.2) is 51.9 Å². The van der Waals surface area contributed by atoms with Crippen LogP contribution < -0.4 is 15.0 Å². The number of anilines is 2. The van der Waals surface area contributed by atoms with Crippen LogP contribution in [0.25, 0.3) is 0 Å². The number of rotatable bonds is 6. The van der Waals surface area contributed by atoms with Crippen LogP contribution in [-0.2, 0) is 10.0 Å². The number of nitrogens with zero attached hydrogens (tertiary/aromatic N) is 2. The first kappa shape index (κ1) is 24.0. The van der Waals surface area contributed by atoms with E-state index in [0.717, 1.165) is 17.8 Å². The van der Waals surface area contributed by atoms with Crippen molar-refractivity contribution in [3.05, 3.63) is 83.1 Å². The number of nitrogens with one attached hydrogen (secondary N) is 1. The number of carbonyl (C=O) groups excluding carboxylic acids is 1. The number of sulfonamides is 1. The smallest absolute Gasteiger partial charge is 0.258 e. The molecule has 10 heteroatoms. The van der Waals surface area contributed by atoms with Gasteiger partial charge >= 0.3 is 0 Å². The Hall–Kier alpha value is -3.14. The third-order valence-electron chi connectivity index (χ3n) is 5.59. The lowest BCUT2D eigenvalue weighted by Crippen LogP contribution is -2.48. The van der Waals surface area contributed by atoms with Gasteiger partial charge in [0, 0.05) is 36.9 Å². The maximum Gasteiger partial charge on any atom is 0.258 e. The molecule has 0 atom stereocenters. The van der Waals surface area contributed by atoms with E-state index in [1.807, 2.05) is 24.3 Å². The van der Waals surface area contributed by atoms with Crippen LogP contribution in [0.3, 0.4) is 0 Å². The number of halogens is 2. The molecule has 1 aliphatic rings. The van der Waals surface area contributed by atoms with Gasteiger partial charge < -0.3 is 15.0 Å². The molecule has 0 spiro atoms. The standard InChI is InChI=1S/C24H23ClFN3O4S/c1-33-23-5-3-2-4-22(23)28-12-14-29(15-13-28)34(31,32)19-10-11-21(26)20(16-19)24(30)27-18-8-6-17(25)7-9-18/h2-11,16H,12-15H2,1H3,(H,27,30). The number of methoxy groups -OCH3 is 1. The lowest BCUT2D eigenvalue weighted by molar-refractivity contribution is 0.102. The molecule has 1 fully saturated rings. The molecular weight excluding hydrogens is 481 g/mol. The summed E-state index contributed by atoms with van der Waals surface area (Å²) in [5.74, 6) is -0.849. The van der Waals surface area contributed by atoms with Crippen LogP contribution in [0.4, 0.5) is 15.8 Å². The monoisotopic (exact) mass is 503 g/mol. The molecule has 0 aliphatic carbocycles. The summed E-state index contributed by atoms with van der Waals surface area (Å²) in [4.78, 5) is 14.5. The van der Waals surface area contributed by atoms with Gasteiger partial charge in [-0.25, -0.2) is 12.8 Å². The predicted octanol–water partition coefficient (Wildman–Crippen LogP) is 4.25. The number of hydrogen-bond acceptors (Lipinski definition) is 5. The molecule has 0 bridgehead atoms. The Morgan fingerprint density at radius 1 is 1.00 bits per heavy atom. The Bertz CT molecular complexity index is 1290. The van der Waals surface area contributed by atoms with Crippen molar-refractivity contribution in [3.8, 4) is 5.75 Å². The molecule has 1 heterocycles. The lowest BCUT2D eigenvalue weighted by atomic mass is 10.2. The van der Waals surface area contributed by atoms with Crippen LogP contribution >= 0.6 is 11.6 Å². The van der Waals surface area contributed by atoms with Crippen molar-refractivity contribution in [2.75, 3.05) is 43.5 Å². The number of carbonyl (C=O) groups is 1. The van der Waals surface area contributed by atoms with E-state index in [1.54, 1.807) is 31.4 Å². The summed E-state index contributed by atoms with van der Waals surface area (Å²) in [6, 6.07) is 17.1. The fourth-order valence-corrected chi connectivity index (χ4v) is 5.35. The average Bonchev–Trinajstić information content (AvgIpc) is 2.85. The first-order chi connectivity index (χ1) is 16.3. The predicted molar refractivity (Wildman–Crippen MR) is 130 cm³/mol. The molecule has 0 unspecified atom stereocenters. The molecule has 4 rings (SSSR count). The van der Waals surface area contributed by atoms with Gasteiger partial charge in [-0.1, -0.05) is 23.7 Å². The maximum absolute atomic E-state index is 14.4. The number of piperazine rings is 1. The molecule has 1 N–H and O–H groups in total. The molecule has 1 saturated heterocycles. The van der Waals surface area contributed by atoms with Crippen molar-refractivity contribution in [1.29, 1.82) is 0 Å². The van der Waals surface area contributed by atoms with E-state index in [4.69, 9.17) is 16.3 Å². The Balaban J connectivity index is 1.50. The van der Waals surface area contributed by atoms with Crippen molar-refractivity contribution in [3.63, 3.8) is 0 Å². The molecule has 1 amide bonds. The van der Waals surface area contributed by atoms with E-state index in [-0.39, 0.29) is 23.5 Å². The topological polar surface area (TPSA) is 79.0 Å². The van der Waals surface area contributed by atoms with Crippen molar-refractivity contribution in [1.82, 2.24) is 4.31 Å². The van der Waals surface area contributed by atoms with Gasteiger partial charge in [0.15, 0.2) is 0 Å². The highest BCUT2D eigenvalue weighted by Gasteiger charge is 2.30. The number of para-hydroxylation sites is 2. The normalized spacial score (nSPS) is 14.6. The Labute approximate surface area is 202 Å². The molecule has 7 nitrogen and oxygen atoms in total. The van der Waals surface area contributed by atoms with E-state index < -0.39 is 21.7 Å². The highest BCUT2D eigenvalue weighted by Crippen LogP contribution is 2.29. The molecule has 0 aromatic heterocycles. The molecule has 3 aromatic carbocycles. The summed E-state index contributed by atoms with van der Waals surface area (Å²) in [6.07, 6.45) is 0. The van der Waals surface area contributed by atoms with Crippen molar-refractivity contribution in [2.45, 2.75) is 4.90 Å². The SMILES string of the molecule is COc1ccccc1N1CCN(S(=O)(=O)c2ccc(F)c(C(=O)Nc3ccc(Cl)cc3)c2)CC1. The second-order valence-corrected chi connectivity index (χ2v) is 10.0. The third kappa shape index (κ3) is 5.01. The number of hydrogen-bond donors (Lipinski definition) is 1. The minimum Gasteiger partial charge on any atom is -0.495 e. The van der Waals surface area contributed by atoms with Crippen molar-refractivity contribution < 1.29 is 22.3 Å². The fourth-order valence-electron chi connectivity index (χ4n) is 3.78. The third-order valence-corrected chi connectivity index (χ3v) is 7.73. The highest BCUT2D eigenvalue weighted by molar-refractivity contribution is 7.89. The summed E-state index contributed by atoms with van der Waals surface area (Å²) in [7, 11) is -2.33. The quantitative estimate of drug-likeness (QED) is 0.544. The van der Waals surface area contributed by atoms with Gasteiger partial charge in [0.2, 0.25) is 10.0 Å². The van der Waals surface area contributed by atoms with Crippen molar-refractivity contribution in [2.24, 2.45) is 0 Å². The van der Waals surface area contributed by atoms with E-state index in [2.05, 4.69) is 10.2 Å². The summed E-state index contributed by atoms with van der Waals surface area (Å²) < 4.78 is 47.7. The van der Waals surface area contributed by atoms with Crippen LogP contribution in [0.15, 0.2) is 71.6 Å². The van der Waals surface area contributed by atoms with Crippen LogP contribution in [0, 0.1) is 5.82 Å². The Morgan fingerprint density at radius 3 is 2.35 bits per heavy atom. The largest absolute Gasteiger partial charge is 0.495 e. The second kappa shape index (κ2) is 10.0. The van der Waals surface area contributed by atoms with Gasteiger partial charge in [-0.3, -0.25) is 4.79 Å². The van der Waals surface area contributed by atoms with Gasteiger partial charge in [0.05, 0.1) is 23.3 Å². The first-order valence-electron chi connectivity index (χ1n) is 10.5. The van der Waals surface area contributed by atoms with Gasteiger partial charge in [-0.05, 0) is 54.6 Å². The summed E-state index contributed by atoms with van der Waals surface area (Å²) >= 11 is 5.84. The van der Waals surface area contributed by atoms with E-state index >= 15 is 0 Å². The van der Waals surface area contributed by atoms with Crippen LogP contribution in [0.2, 0.25) is 5.02 Å². The molecule has 34 heavy (non-hydrogen) atoms. The van der Waals surface area contributed by atoms with E-state index in [0.29, 0.717) is 29.5 Å². The molecule has 1 aliphatic heterocycles. The molecule has 0 saturated carbocycles. The van der Waals surface area contributed by atoms with Gasteiger partial charge in [-0.15, -0.1) is 0 Å². The number of benzene rings is 3. The van der Waals surface area contributed by atoms with E-state index in [1.165, 1.54) is 10.4 Å². The minimum absolute atomic E-state index is 0.138. The minimum atomic E-state index is -3.92. The van der Waals surface area contributed by atoms with Gasteiger partial charge in [0.1, 0.15) is 11.6 Å². The molecular formula is C24H23ClFN3O4S. The average molecular weight is 504 g/mol. The maximum atomic E-state index is 14.4. The van der Waals surface area contributed by atoms with Crippen LogP contribution in [0.5, 0.6) is 5.75 Å². The first-order valence-corrected chi connectivity index (χ1v) is 12.4. The summed E-state index contributed by atoms with van der Waals surface area (Å²) in [5, 5.41) is 3.04. The van der Waals surface area contributed by atoms with Gasteiger partial charge in [0.25, 0.3) is 5.91 Å². The molecule has 178 valence electrons. The van der Waals surface area contributed by atoms with Crippen molar-refractivity contribution >= 4 is 38.9 Å². The van der Waals surface area contributed by atoms with Gasteiger partial charge in [-0.2, -0.15) is 4.31 Å².